The number of fused-ring (bicyclic) bond motifs is 1. The molecule has 1 aromatic carbocycles. The minimum atomic E-state index is -0.679. The number of piperazine rings is 1. The summed E-state index contributed by atoms with van der Waals surface area (Å²) in [6.45, 7) is 3.28. The zero-order chi connectivity index (χ0) is 25.6. The number of hydrogen-bond donors (Lipinski definition) is 1. The van der Waals surface area contributed by atoms with Gasteiger partial charge in [-0.15, -0.1) is 0 Å². The Morgan fingerprint density at radius 1 is 1.28 bits per heavy atom. The normalized spacial score (nSPS) is 29.2. The first-order valence-corrected chi connectivity index (χ1v) is 12.9. The van der Waals surface area contributed by atoms with Crippen LogP contribution in [0.2, 0.25) is 5.02 Å². The molecule has 10 heteroatoms. The topological polar surface area (TPSA) is 90.4 Å². The van der Waals surface area contributed by atoms with E-state index in [2.05, 4.69) is 0 Å². The van der Waals surface area contributed by atoms with Crippen LogP contribution in [0.5, 0.6) is 0 Å². The third-order valence-corrected chi connectivity index (χ3v) is 8.47. The summed E-state index contributed by atoms with van der Waals surface area (Å²) in [7, 11) is 0. The Kier molecular flexibility index (Phi) is 6.82. The lowest BCUT2D eigenvalue weighted by atomic mass is 9.90. The summed E-state index contributed by atoms with van der Waals surface area (Å²) in [6.07, 6.45) is 5.56. The molecular weight excluding hydrogens is 489 g/mol. The molecule has 3 amide bonds. The molecule has 3 heterocycles. The molecule has 4 fully saturated rings. The van der Waals surface area contributed by atoms with Crippen molar-refractivity contribution in [2.75, 3.05) is 26.2 Å². The van der Waals surface area contributed by atoms with Gasteiger partial charge in [0.25, 0.3) is 0 Å². The van der Waals surface area contributed by atoms with Gasteiger partial charge in [0.2, 0.25) is 17.7 Å². The molecule has 0 aromatic heterocycles. The van der Waals surface area contributed by atoms with Crippen molar-refractivity contribution >= 4 is 35.4 Å². The lowest BCUT2D eigenvalue weighted by molar-refractivity contribution is -0.160. The molecule has 0 unspecified atom stereocenters. The van der Waals surface area contributed by atoms with Gasteiger partial charge in [-0.25, -0.2) is 4.39 Å². The van der Waals surface area contributed by atoms with Gasteiger partial charge < -0.3 is 24.5 Å². The number of carbonyl (C=O) groups excluding carboxylic acids is 3. The zero-order valence-electron chi connectivity index (χ0n) is 20.2. The molecule has 0 radical (unpaired) electrons. The highest BCUT2D eigenvalue weighted by molar-refractivity contribution is 6.30. The maximum Gasteiger partial charge on any atom is 0.247 e. The minimum Gasteiger partial charge on any atom is -0.391 e. The second-order valence-electron chi connectivity index (χ2n) is 10.4. The highest BCUT2D eigenvalue weighted by Crippen LogP contribution is 2.53. The first kappa shape index (κ1) is 25.2. The van der Waals surface area contributed by atoms with Gasteiger partial charge in [0.15, 0.2) is 6.23 Å². The number of nitrogens with zero attached hydrogens (tertiary/aromatic N) is 3. The summed E-state index contributed by atoms with van der Waals surface area (Å²) < 4.78 is 19.2. The van der Waals surface area contributed by atoms with Crippen LogP contribution in [0.4, 0.5) is 4.39 Å². The van der Waals surface area contributed by atoms with Crippen LogP contribution < -0.4 is 0 Å². The molecule has 3 aliphatic heterocycles. The summed E-state index contributed by atoms with van der Waals surface area (Å²) in [5, 5.41) is 10.4. The van der Waals surface area contributed by atoms with E-state index in [0.717, 1.165) is 19.3 Å². The molecule has 1 spiro atoms. The van der Waals surface area contributed by atoms with Crippen molar-refractivity contribution in [3.8, 4) is 0 Å². The van der Waals surface area contributed by atoms with Gasteiger partial charge in [0.05, 0.1) is 30.3 Å². The maximum atomic E-state index is 13.4. The molecular formula is C26H31ClFN3O5. The van der Waals surface area contributed by atoms with Crippen LogP contribution in [-0.4, -0.2) is 88.2 Å². The number of hydrogen-bond acceptors (Lipinski definition) is 5. The lowest BCUT2D eigenvalue weighted by Gasteiger charge is -2.42. The predicted molar refractivity (Wildman–Crippen MR) is 130 cm³/mol. The first-order chi connectivity index (χ1) is 17.2. The third-order valence-electron chi connectivity index (χ3n) is 8.18. The molecule has 0 bridgehead atoms. The Labute approximate surface area is 214 Å². The number of benzene rings is 1. The largest absolute Gasteiger partial charge is 0.391 e. The van der Waals surface area contributed by atoms with E-state index in [1.54, 1.807) is 16.7 Å². The van der Waals surface area contributed by atoms with Gasteiger partial charge in [0, 0.05) is 25.6 Å². The fourth-order valence-corrected chi connectivity index (χ4v) is 5.76. The number of likely N-dealkylation sites (tertiary alicyclic amines) is 1. The van der Waals surface area contributed by atoms with Crippen LogP contribution in [-0.2, 0) is 19.1 Å². The number of amides is 3. The van der Waals surface area contributed by atoms with Gasteiger partial charge >= 0.3 is 0 Å². The molecule has 8 nitrogen and oxygen atoms in total. The van der Waals surface area contributed by atoms with E-state index < -0.39 is 24.2 Å². The van der Waals surface area contributed by atoms with Gasteiger partial charge in [-0.05, 0) is 61.8 Å². The maximum absolute atomic E-state index is 13.4. The third kappa shape index (κ3) is 4.76. The molecule has 1 aliphatic carbocycles. The van der Waals surface area contributed by atoms with Crippen molar-refractivity contribution in [3.63, 3.8) is 0 Å². The Bertz CT molecular complexity index is 1090. The molecule has 36 heavy (non-hydrogen) atoms. The fraction of sp³-hybridized carbons (Fsp3) is 0.577. The minimum absolute atomic E-state index is 0.00616. The second-order valence-corrected chi connectivity index (χ2v) is 10.8. The van der Waals surface area contributed by atoms with Crippen molar-refractivity contribution < 1.29 is 28.6 Å². The predicted octanol–water partition coefficient (Wildman–Crippen LogP) is 2.43. The van der Waals surface area contributed by atoms with E-state index in [1.807, 2.05) is 0 Å². The van der Waals surface area contributed by atoms with Gasteiger partial charge in [-0.2, -0.15) is 0 Å². The van der Waals surface area contributed by atoms with E-state index >= 15 is 0 Å². The van der Waals surface area contributed by atoms with Crippen molar-refractivity contribution in [1.82, 2.24) is 14.7 Å². The lowest BCUT2D eigenvalue weighted by Crippen LogP contribution is -2.61. The zero-order valence-corrected chi connectivity index (χ0v) is 21.0. The molecule has 1 aromatic rings. The Hall–Kier alpha value is -2.49. The van der Waals surface area contributed by atoms with Crippen LogP contribution in [0.25, 0.3) is 6.08 Å². The van der Waals surface area contributed by atoms with Crippen molar-refractivity contribution in [2.24, 2.45) is 5.41 Å². The van der Waals surface area contributed by atoms with E-state index in [0.29, 0.717) is 31.7 Å². The smallest absolute Gasteiger partial charge is 0.247 e. The molecule has 1 N–H and O–H groups in total. The summed E-state index contributed by atoms with van der Waals surface area (Å²) in [5.74, 6) is -1.11. The average Bonchev–Trinajstić information content (AvgIpc) is 3.53. The number of aliphatic hydroxyl groups excluding tert-OH is 1. The number of piperidine rings is 1. The Morgan fingerprint density at radius 3 is 2.75 bits per heavy atom. The fourth-order valence-electron chi connectivity index (χ4n) is 5.57. The van der Waals surface area contributed by atoms with Crippen LogP contribution in [0.3, 0.4) is 0 Å². The van der Waals surface area contributed by atoms with Crippen LogP contribution in [0, 0.1) is 11.2 Å². The van der Waals surface area contributed by atoms with Crippen molar-refractivity contribution in [1.29, 1.82) is 0 Å². The highest BCUT2D eigenvalue weighted by atomic mass is 35.5. The van der Waals surface area contributed by atoms with Crippen molar-refractivity contribution in [2.45, 2.75) is 63.4 Å². The summed E-state index contributed by atoms with van der Waals surface area (Å²) in [4.78, 5) is 43.7. The quantitative estimate of drug-likeness (QED) is 0.603. The Balaban J connectivity index is 1.16. The van der Waals surface area contributed by atoms with E-state index in [9.17, 15) is 23.9 Å². The highest BCUT2D eigenvalue weighted by Gasteiger charge is 2.52. The molecule has 5 rings (SSSR count). The summed E-state index contributed by atoms with van der Waals surface area (Å²) >= 11 is 5.80. The molecule has 4 atom stereocenters. The number of halogens is 2. The standard InChI is InChI=1S/C26H31ClFN3O5/c1-16-25(35)31-18(4-7-22(33)29-11-10-26(8-9-26)21(32)13-29)15-36-24(31)14-30(16)23(34)6-3-17-2-5-20(28)19(27)12-17/h2-3,5-6,12,16,18,21,24,32H,4,7-11,13-15H2,1H3/t16-,18-,21+,24+/m0/s1. The summed E-state index contributed by atoms with van der Waals surface area (Å²) in [6, 6.07) is 3.26. The van der Waals surface area contributed by atoms with Gasteiger partial charge in [-0.1, -0.05) is 17.7 Å². The van der Waals surface area contributed by atoms with Gasteiger partial charge in [0.1, 0.15) is 11.9 Å². The second kappa shape index (κ2) is 9.76. The van der Waals surface area contributed by atoms with E-state index in [-0.39, 0.29) is 47.2 Å². The molecule has 3 saturated heterocycles. The van der Waals surface area contributed by atoms with E-state index in [1.165, 1.54) is 35.3 Å². The molecule has 1 saturated carbocycles. The van der Waals surface area contributed by atoms with Crippen LogP contribution in [0.1, 0.15) is 44.6 Å². The van der Waals surface area contributed by atoms with Crippen molar-refractivity contribution in [3.05, 3.63) is 40.7 Å². The first-order valence-electron chi connectivity index (χ1n) is 12.5. The number of aliphatic hydroxyl groups is 1. The molecule has 194 valence electrons. The Morgan fingerprint density at radius 2 is 2.06 bits per heavy atom. The van der Waals surface area contributed by atoms with E-state index in [4.69, 9.17) is 16.3 Å². The number of rotatable bonds is 5. The SMILES string of the molecule is C[C@H]1C(=O)N2[C@@H](CCC(=O)N3CCC4(CC4)[C@H](O)C3)CO[C@@H]2CN1C(=O)C=Cc1ccc(F)c(Cl)c1. The average molecular weight is 520 g/mol. The monoisotopic (exact) mass is 519 g/mol. The number of carbonyl (C=O) groups is 3. The summed E-state index contributed by atoms with van der Waals surface area (Å²) in [5.41, 5.74) is 0.618. The van der Waals surface area contributed by atoms with Crippen LogP contribution >= 0.6 is 11.6 Å². The number of ether oxygens (including phenoxy) is 1. The molecule has 4 aliphatic rings. The number of β-amino-alcohol motifs (C(OH)–C–C–N with tert-alkyl or cyclic N) is 1. The van der Waals surface area contributed by atoms with Crippen LogP contribution in [0.15, 0.2) is 24.3 Å². The van der Waals surface area contributed by atoms with Gasteiger partial charge in [-0.3, -0.25) is 14.4 Å².